The maximum absolute atomic E-state index is 12.7. The Morgan fingerprint density at radius 1 is 0.541 bits per heavy atom. The number of nitrogens with zero attached hydrogens (tertiary/aromatic N) is 1. The molecule has 2 atom stereocenters. The van der Waals surface area contributed by atoms with E-state index in [4.69, 9.17) is 23.6 Å². The summed E-state index contributed by atoms with van der Waals surface area (Å²) in [6.45, 7) is 2.32. The predicted molar refractivity (Wildman–Crippen MR) is 253 cm³/mol. The van der Waals surface area contributed by atoms with E-state index in [9.17, 15) is 19.0 Å². The molecule has 0 aliphatic heterocycles. The quantitative estimate of drug-likeness (QED) is 0.0202. The van der Waals surface area contributed by atoms with Crippen molar-refractivity contribution in [3.63, 3.8) is 0 Å². The van der Waals surface area contributed by atoms with Crippen molar-refractivity contribution in [2.75, 3.05) is 54.1 Å². The second-order valence-corrected chi connectivity index (χ2v) is 18.3. The van der Waals surface area contributed by atoms with Gasteiger partial charge in [0.25, 0.3) is 0 Å². The molecule has 0 bridgehead atoms. The number of aliphatic hydroxyl groups excluding tert-OH is 1. The summed E-state index contributed by atoms with van der Waals surface area (Å²) in [6.07, 6.45) is 51.1. The van der Waals surface area contributed by atoms with E-state index in [2.05, 4.69) is 73.8 Å². The van der Waals surface area contributed by atoms with E-state index >= 15 is 0 Å². The second-order valence-electron chi connectivity index (χ2n) is 16.9. The molecule has 0 rings (SSSR count). The first kappa shape index (κ1) is 58.4. The average molecular weight is 879 g/mol. The molecule has 0 fully saturated rings. The summed E-state index contributed by atoms with van der Waals surface area (Å²) in [5.41, 5.74) is 0. The van der Waals surface area contributed by atoms with Gasteiger partial charge in [0.15, 0.2) is 6.10 Å². The summed E-state index contributed by atoms with van der Waals surface area (Å²) in [7, 11) is 1.41. The summed E-state index contributed by atoms with van der Waals surface area (Å²) in [4.78, 5) is 35.4. The van der Waals surface area contributed by atoms with Gasteiger partial charge in [0, 0.05) is 19.4 Å². The van der Waals surface area contributed by atoms with Gasteiger partial charge in [-0.05, 0) is 89.9 Å². The van der Waals surface area contributed by atoms with Crippen LogP contribution in [-0.4, -0.2) is 86.6 Å². The van der Waals surface area contributed by atoms with Gasteiger partial charge in [-0.2, -0.15) is 0 Å². The molecule has 2 N–H and O–H groups in total. The van der Waals surface area contributed by atoms with E-state index in [1.807, 2.05) is 27.2 Å². The molecule has 0 aromatic carbocycles. The van der Waals surface area contributed by atoms with Crippen LogP contribution in [0, 0.1) is 0 Å². The Labute approximate surface area is 372 Å². The first-order valence-electron chi connectivity index (χ1n) is 23.8. The Hall–Kier alpha value is -2.59. The highest BCUT2D eigenvalue weighted by atomic mass is 31.2. The number of likely N-dealkylation sites (N-methyl/N-ethyl adjacent to an activating group) is 1. The molecular weight excluding hydrogens is 790 g/mol. The fourth-order valence-electron chi connectivity index (χ4n) is 6.02. The van der Waals surface area contributed by atoms with E-state index in [-0.39, 0.29) is 32.7 Å². The summed E-state index contributed by atoms with van der Waals surface area (Å²) in [6, 6.07) is 0. The number of carbonyl (C=O) groups excluding carboxylic acids is 2. The number of unbranched alkanes of at least 4 members (excludes halogenated alkanes) is 16. The molecule has 11 heteroatoms. The maximum atomic E-state index is 12.7. The summed E-state index contributed by atoms with van der Waals surface area (Å²) in [5, 5.41) is 8.81. The Bertz CT molecular complexity index is 1270. The minimum Gasteiger partial charge on any atom is -0.462 e. The zero-order valence-electron chi connectivity index (χ0n) is 39.1. The molecule has 0 aromatic rings. The second kappa shape index (κ2) is 42.7. The molecule has 0 spiro atoms. The SMILES string of the molecule is CCCCC/C=C\C/C=C\CCCCCCCCCCCC(=O)OC[C@H](COP(=O)(O)OCC[N+](C)(C)C)OC(=O)CCC/C=C\C/C=C\C/C=C\C/C=C\CCCCCO. The number of hydrogen-bond acceptors (Lipinski definition) is 8. The molecule has 0 amide bonds. The normalized spacial score (nSPS) is 14.1. The third-order valence-electron chi connectivity index (χ3n) is 9.76. The summed E-state index contributed by atoms with van der Waals surface area (Å²) in [5.74, 6) is -0.887. The topological polar surface area (TPSA) is 129 Å². The van der Waals surface area contributed by atoms with Crippen LogP contribution in [-0.2, 0) is 32.7 Å². The summed E-state index contributed by atoms with van der Waals surface area (Å²) < 4.78 is 34.3. The van der Waals surface area contributed by atoms with Crippen molar-refractivity contribution in [3.8, 4) is 0 Å². The van der Waals surface area contributed by atoms with Crippen LogP contribution >= 0.6 is 7.82 Å². The van der Waals surface area contributed by atoms with Crippen molar-refractivity contribution < 1.29 is 47.2 Å². The van der Waals surface area contributed by atoms with Gasteiger partial charge in [0.1, 0.15) is 19.8 Å². The molecule has 0 saturated heterocycles. The van der Waals surface area contributed by atoms with E-state index in [0.717, 1.165) is 83.5 Å². The third kappa shape index (κ3) is 46.7. The lowest BCUT2D eigenvalue weighted by Crippen LogP contribution is -2.37. The minimum absolute atomic E-state index is 0.0126. The standard InChI is InChI=1S/C50H88NO9P/c1-5-6-7-8-9-10-11-12-13-14-15-17-20-23-26-29-32-35-38-41-49(53)57-46-48(47-59-61(55,56)58-45-43-51(2,3)4)60-50(54)42-39-36-33-30-27-24-21-18-16-19-22-25-28-31-34-37-40-44-52/h9-10,12-13,16,19,21,24-25,28,30,33,48,52H,5-8,11,14-15,17-18,20,22-23,26-27,29,31-32,34-47H2,1-4H3/p+1/b10-9-,13-12-,19-16-,24-21-,28-25-,33-30-/t48-/m1/s1. The van der Waals surface area contributed by atoms with Gasteiger partial charge >= 0.3 is 19.8 Å². The Morgan fingerprint density at radius 3 is 1.46 bits per heavy atom. The van der Waals surface area contributed by atoms with Crippen LogP contribution in [0.1, 0.15) is 174 Å². The number of carbonyl (C=O) groups is 2. The smallest absolute Gasteiger partial charge is 0.462 e. The van der Waals surface area contributed by atoms with Crippen molar-refractivity contribution in [1.29, 1.82) is 0 Å². The molecule has 0 heterocycles. The lowest BCUT2D eigenvalue weighted by atomic mass is 10.1. The molecule has 61 heavy (non-hydrogen) atoms. The molecule has 0 aliphatic carbocycles. The highest BCUT2D eigenvalue weighted by molar-refractivity contribution is 7.47. The van der Waals surface area contributed by atoms with Crippen molar-refractivity contribution in [1.82, 2.24) is 0 Å². The fourth-order valence-corrected chi connectivity index (χ4v) is 6.76. The van der Waals surface area contributed by atoms with Gasteiger partial charge < -0.3 is 24.0 Å². The van der Waals surface area contributed by atoms with Gasteiger partial charge in [0.2, 0.25) is 0 Å². The predicted octanol–water partition coefficient (Wildman–Crippen LogP) is 12.8. The van der Waals surface area contributed by atoms with Gasteiger partial charge in [-0.1, -0.05) is 144 Å². The first-order valence-corrected chi connectivity index (χ1v) is 25.3. The van der Waals surface area contributed by atoms with Crippen LogP contribution in [0.5, 0.6) is 0 Å². The Morgan fingerprint density at radius 2 is 0.967 bits per heavy atom. The number of ether oxygens (including phenoxy) is 2. The highest BCUT2D eigenvalue weighted by Gasteiger charge is 2.27. The Kier molecular flexibility index (Phi) is 40.9. The molecule has 0 aliphatic rings. The molecular formula is C50H89NO9P+. The third-order valence-corrected chi connectivity index (χ3v) is 10.7. The molecule has 0 radical (unpaired) electrons. The average Bonchev–Trinajstić information content (AvgIpc) is 3.21. The minimum atomic E-state index is -4.40. The lowest BCUT2D eigenvalue weighted by Gasteiger charge is -2.24. The number of esters is 2. The number of quaternary nitrogens is 1. The van der Waals surface area contributed by atoms with Gasteiger partial charge in [0.05, 0.1) is 27.7 Å². The van der Waals surface area contributed by atoms with Crippen LogP contribution in [0.15, 0.2) is 72.9 Å². The van der Waals surface area contributed by atoms with Crippen molar-refractivity contribution >= 4 is 19.8 Å². The van der Waals surface area contributed by atoms with E-state index < -0.39 is 32.5 Å². The number of phosphoric ester groups is 1. The maximum Gasteiger partial charge on any atom is 0.472 e. The van der Waals surface area contributed by atoms with Crippen molar-refractivity contribution in [3.05, 3.63) is 72.9 Å². The number of aliphatic hydroxyl groups is 1. The molecule has 10 nitrogen and oxygen atoms in total. The number of phosphoric acid groups is 1. The molecule has 0 aromatic heterocycles. The van der Waals surface area contributed by atoms with Crippen LogP contribution in [0.3, 0.4) is 0 Å². The van der Waals surface area contributed by atoms with E-state index in [1.165, 1.54) is 57.8 Å². The van der Waals surface area contributed by atoms with Gasteiger partial charge in [-0.15, -0.1) is 0 Å². The van der Waals surface area contributed by atoms with Gasteiger partial charge in [-0.25, -0.2) is 4.57 Å². The van der Waals surface area contributed by atoms with Crippen molar-refractivity contribution in [2.24, 2.45) is 0 Å². The number of rotatable bonds is 43. The fraction of sp³-hybridized carbons (Fsp3) is 0.720. The monoisotopic (exact) mass is 879 g/mol. The van der Waals surface area contributed by atoms with Gasteiger partial charge in [-0.3, -0.25) is 18.6 Å². The van der Waals surface area contributed by atoms with E-state index in [1.54, 1.807) is 0 Å². The molecule has 0 saturated carbocycles. The lowest BCUT2D eigenvalue weighted by molar-refractivity contribution is -0.870. The molecule has 1 unspecified atom stereocenters. The van der Waals surface area contributed by atoms with Crippen LogP contribution in [0.4, 0.5) is 0 Å². The van der Waals surface area contributed by atoms with Crippen LogP contribution < -0.4 is 0 Å². The molecule has 352 valence electrons. The number of hydrogen-bond donors (Lipinski definition) is 2. The summed E-state index contributed by atoms with van der Waals surface area (Å²) >= 11 is 0. The van der Waals surface area contributed by atoms with Crippen LogP contribution in [0.2, 0.25) is 0 Å². The first-order chi connectivity index (χ1) is 29.5. The highest BCUT2D eigenvalue weighted by Crippen LogP contribution is 2.43. The number of allylic oxidation sites excluding steroid dienone is 12. The van der Waals surface area contributed by atoms with Crippen molar-refractivity contribution in [2.45, 2.75) is 180 Å². The zero-order valence-corrected chi connectivity index (χ0v) is 40.0. The Balaban J connectivity index is 4.40. The largest absolute Gasteiger partial charge is 0.472 e. The van der Waals surface area contributed by atoms with E-state index in [0.29, 0.717) is 23.9 Å². The van der Waals surface area contributed by atoms with Crippen LogP contribution in [0.25, 0.3) is 0 Å². The zero-order chi connectivity index (χ0) is 45.0.